The van der Waals surface area contributed by atoms with Crippen molar-refractivity contribution in [2.75, 3.05) is 6.54 Å². The normalized spacial score (nSPS) is 19.2. The van der Waals surface area contributed by atoms with Crippen LogP contribution in [-0.2, 0) is 19.6 Å². The molecule has 0 aromatic heterocycles. The first-order valence-electron chi connectivity index (χ1n) is 8.04. The monoisotopic (exact) mass is 351 g/mol. The Hall–Kier alpha value is -1.66. The summed E-state index contributed by atoms with van der Waals surface area (Å²) in [5, 5.41) is 0. The Morgan fingerprint density at radius 3 is 2.62 bits per heavy atom. The lowest BCUT2D eigenvalue weighted by atomic mass is 10.1. The lowest BCUT2D eigenvalue weighted by Gasteiger charge is -2.27. The van der Waals surface area contributed by atoms with E-state index in [1.165, 1.54) is 10.4 Å². The van der Waals surface area contributed by atoms with E-state index in [0.717, 1.165) is 5.56 Å². The van der Waals surface area contributed by atoms with Crippen molar-refractivity contribution in [3.05, 3.63) is 35.9 Å². The number of aryl methyl sites for hydroxylation is 1. The topological polar surface area (TPSA) is 63.7 Å². The molecular weight excluding hydrogens is 326 g/mol. The molecular formula is C18H25NO4S. The van der Waals surface area contributed by atoms with E-state index < -0.39 is 27.6 Å². The Balaban J connectivity index is 2.38. The average molecular weight is 351 g/mol. The SMILES string of the molecule is C=Cc1cc(C)ccc1S(=O)(=O)N1CCC[C@H]1C(=O)OC(C)(C)C. The summed E-state index contributed by atoms with van der Waals surface area (Å²) in [5.74, 6) is -0.490. The van der Waals surface area contributed by atoms with Gasteiger partial charge in [-0.25, -0.2) is 8.42 Å². The zero-order valence-corrected chi connectivity index (χ0v) is 15.5. The van der Waals surface area contributed by atoms with Gasteiger partial charge < -0.3 is 4.74 Å². The number of carbonyl (C=O) groups is 1. The first kappa shape index (κ1) is 18.7. The zero-order chi connectivity index (χ0) is 18.1. The van der Waals surface area contributed by atoms with Gasteiger partial charge in [0, 0.05) is 6.54 Å². The summed E-state index contributed by atoms with van der Waals surface area (Å²) in [5.41, 5.74) is 0.851. The molecule has 0 saturated carbocycles. The first-order chi connectivity index (χ1) is 11.1. The van der Waals surface area contributed by atoms with E-state index in [1.807, 2.05) is 6.92 Å². The standard InChI is InChI=1S/C18H25NO4S/c1-6-14-12-13(2)9-10-16(14)24(21,22)19-11-7-8-15(19)17(20)23-18(3,4)5/h6,9-10,12,15H,1,7-8,11H2,2-5H3/t15-/m0/s1. The molecule has 0 spiro atoms. The molecule has 24 heavy (non-hydrogen) atoms. The zero-order valence-electron chi connectivity index (χ0n) is 14.7. The maximum Gasteiger partial charge on any atom is 0.324 e. The van der Waals surface area contributed by atoms with E-state index in [0.29, 0.717) is 24.9 Å². The highest BCUT2D eigenvalue weighted by molar-refractivity contribution is 7.89. The predicted molar refractivity (Wildman–Crippen MR) is 94.0 cm³/mol. The van der Waals surface area contributed by atoms with Gasteiger partial charge in [0.05, 0.1) is 4.90 Å². The molecule has 5 nitrogen and oxygen atoms in total. The molecule has 1 aromatic carbocycles. The quantitative estimate of drug-likeness (QED) is 0.782. The second kappa shape index (κ2) is 6.69. The van der Waals surface area contributed by atoms with E-state index in [4.69, 9.17) is 4.74 Å². The Morgan fingerprint density at radius 1 is 1.38 bits per heavy atom. The molecule has 6 heteroatoms. The van der Waals surface area contributed by atoms with Crippen molar-refractivity contribution in [1.29, 1.82) is 0 Å². The largest absolute Gasteiger partial charge is 0.459 e. The van der Waals surface area contributed by atoms with Crippen LogP contribution in [0.3, 0.4) is 0 Å². The molecule has 1 aliphatic heterocycles. The fraction of sp³-hybridized carbons (Fsp3) is 0.500. The molecule has 0 radical (unpaired) electrons. The molecule has 1 heterocycles. The van der Waals surface area contributed by atoms with Crippen molar-refractivity contribution in [2.24, 2.45) is 0 Å². The lowest BCUT2D eigenvalue weighted by Crippen LogP contribution is -2.43. The summed E-state index contributed by atoms with van der Waals surface area (Å²) in [7, 11) is -3.79. The van der Waals surface area contributed by atoms with Crippen LogP contribution in [-0.4, -0.2) is 36.9 Å². The highest BCUT2D eigenvalue weighted by Gasteiger charge is 2.41. The van der Waals surface area contributed by atoms with Gasteiger partial charge in [0.15, 0.2) is 0 Å². The fourth-order valence-electron chi connectivity index (χ4n) is 2.82. The number of ether oxygens (including phenoxy) is 1. The Bertz CT molecular complexity index is 747. The third-order valence-corrected chi connectivity index (χ3v) is 5.84. The third-order valence-electron chi connectivity index (χ3n) is 3.85. The van der Waals surface area contributed by atoms with Gasteiger partial charge in [-0.05, 0) is 52.2 Å². The maximum absolute atomic E-state index is 13.1. The van der Waals surface area contributed by atoms with Crippen molar-refractivity contribution in [1.82, 2.24) is 4.31 Å². The maximum atomic E-state index is 13.1. The molecule has 1 aromatic rings. The summed E-state index contributed by atoms with van der Waals surface area (Å²) >= 11 is 0. The van der Waals surface area contributed by atoms with Crippen LogP contribution in [0.1, 0.15) is 44.7 Å². The fourth-order valence-corrected chi connectivity index (χ4v) is 4.65. The number of carbonyl (C=O) groups excluding carboxylic acids is 1. The second-order valence-corrected chi connectivity index (χ2v) is 8.91. The average Bonchev–Trinajstić information content (AvgIpc) is 2.95. The number of hydrogen-bond donors (Lipinski definition) is 0. The lowest BCUT2D eigenvalue weighted by molar-refractivity contribution is -0.158. The molecule has 0 unspecified atom stereocenters. The smallest absolute Gasteiger partial charge is 0.324 e. The Labute approximate surface area is 144 Å². The second-order valence-electron chi connectivity index (χ2n) is 7.05. The Morgan fingerprint density at radius 2 is 2.04 bits per heavy atom. The predicted octanol–water partition coefficient (Wildman–Crippen LogP) is 3.13. The van der Waals surface area contributed by atoms with Crippen LogP contribution >= 0.6 is 0 Å². The number of esters is 1. The van der Waals surface area contributed by atoms with E-state index in [9.17, 15) is 13.2 Å². The third kappa shape index (κ3) is 3.87. The van der Waals surface area contributed by atoms with Crippen LogP contribution in [0.15, 0.2) is 29.7 Å². The first-order valence-corrected chi connectivity index (χ1v) is 9.48. The van der Waals surface area contributed by atoms with Gasteiger partial charge in [0.1, 0.15) is 11.6 Å². The van der Waals surface area contributed by atoms with Crippen LogP contribution in [0.25, 0.3) is 6.08 Å². The van der Waals surface area contributed by atoms with Gasteiger partial charge in [-0.2, -0.15) is 4.31 Å². The minimum atomic E-state index is -3.79. The molecule has 1 aliphatic rings. The van der Waals surface area contributed by atoms with Crippen molar-refractivity contribution in [2.45, 2.75) is 57.1 Å². The van der Waals surface area contributed by atoms with E-state index in [2.05, 4.69) is 6.58 Å². The van der Waals surface area contributed by atoms with Crippen molar-refractivity contribution in [3.63, 3.8) is 0 Å². The summed E-state index contributed by atoms with van der Waals surface area (Å²) in [6.07, 6.45) is 2.64. The van der Waals surface area contributed by atoms with Crippen molar-refractivity contribution in [3.8, 4) is 0 Å². The number of rotatable bonds is 4. The molecule has 2 rings (SSSR count). The van der Waals surface area contributed by atoms with Crippen LogP contribution in [0.4, 0.5) is 0 Å². The number of nitrogens with zero attached hydrogens (tertiary/aromatic N) is 1. The summed E-state index contributed by atoms with van der Waals surface area (Å²) in [6, 6.07) is 4.33. The van der Waals surface area contributed by atoms with E-state index >= 15 is 0 Å². The van der Waals surface area contributed by atoms with E-state index in [1.54, 1.807) is 39.0 Å². The molecule has 0 amide bonds. The van der Waals surface area contributed by atoms with Crippen LogP contribution in [0.2, 0.25) is 0 Å². The van der Waals surface area contributed by atoms with Gasteiger partial charge in [-0.3, -0.25) is 4.79 Å². The molecule has 0 N–H and O–H groups in total. The van der Waals surface area contributed by atoms with Crippen LogP contribution in [0.5, 0.6) is 0 Å². The van der Waals surface area contributed by atoms with Gasteiger partial charge in [-0.15, -0.1) is 0 Å². The van der Waals surface area contributed by atoms with Crippen LogP contribution < -0.4 is 0 Å². The number of benzene rings is 1. The minimum absolute atomic E-state index is 0.179. The summed E-state index contributed by atoms with van der Waals surface area (Å²) < 4.78 is 32.8. The number of sulfonamides is 1. The highest BCUT2D eigenvalue weighted by Crippen LogP contribution is 2.30. The van der Waals surface area contributed by atoms with Crippen LogP contribution in [0, 0.1) is 6.92 Å². The summed E-state index contributed by atoms with van der Waals surface area (Å²) in [4.78, 5) is 12.6. The van der Waals surface area contributed by atoms with Crippen molar-refractivity contribution < 1.29 is 17.9 Å². The molecule has 1 fully saturated rings. The molecule has 132 valence electrons. The molecule has 1 atom stereocenters. The summed E-state index contributed by atoms with van der Waals surface area (Å²) in [6.45, 7) is 11.2. The minimum Gasteiger partial charge on any atom is -0.459 e. The van der Waals surface area contributed by atoms with Gasteiger partial charge in [-0.1, -0.05) is 30.4 Å². The number of hydrogen-bond acceptors (Lipinski definition) is 4. The molecule has 1 saturated heterocycles. The van der Waals surface area contributed by atoms with E-state index in [-0.39, 0.29) is 4.90 Å². The van der Waals surface area contributed by atoms with Gasteiger partial charge >= 0.3 is 5.97 Å². The van der Waals surface area contributed by atoms with Gasteiger partial charge in [0.2, 0.25) is 10.0 Å². The highest BCUT2D eigenvalue weighted by atomic mass is 32.2. The molecule has 0 aliphatic carbocycles. The molecule has 0 bridgehead atoms. The van der Waals surface area contributed by atoms with Gasteiger partial charge in [0.25, 0.3) is 0 Å². The van der Waals surface area contributed by atoms with Crippen molar-refractivity contribution >= 4 is 22.1 Å². The Kier molecular flexibility index (Phi) is 5.20.